The fourth-order valence-electron chi connectivity index (χ4n) is 3.38. The van der Waals surface area contributed by atoms with Gasteiger partial charge in [0.1, 0.15) is 30.3 Å². The van der Waals surface area contributed by atoms with Gasteiger partial charge in [0, 0.05) is 9.90 Å². The minimum Gasteiger partial charge on any atom is -0.488 e. The number of nitrogens with one attached hydrogen (secondary N) is 2. The van der Waals surface area contributed by atoms with Crippen LogP contribution in [0.3, 0.4) is 0 Å². The fourth-order valence-corrected chi connectivity index (χ4v) is 4.79. The summed E-state index contributed by atoms with van der Waals surface area (Å²) < 4.78 is 5.73. The van der Waals surface area contributed by atoms with Gasteiger partial charge in [-0.3, -0.25) is 4.79 Å². The molecule has 2 aromatic heterocycles. The number of nitrogens with zero attached hydrogens (tertiary/aromatic N) is 1. The third kappa shape index (κ3) is 3.63. The molecule has 0 amide bonds. The van der Waals surface area contributed by atoms with Crippen LogP contribution < -0.4 is 15.2 Å². The second-order valence-corrected chi connectivity index (χ2v) is 8.26. The molecule has 4 rings (SSSR count). The summed E-state index contributed by atoms with van der Waals surface area (Å²) in [4.78, 5) is 23.6. The Bertz CT molecular complexity index is 981. The molecule has 1 aromatic carbocycles. The first-order chi connectivity index (χ1) is 12.6. The number of aromatic amines is 1. The number of benzene rings is 1. The Labute approximate surface area is 160 Å². The lowest BCUT2D eigenvalue weighted by Crippen LogP contribution is -3.08. The first-order valence-corrected chi connectivity index (χ1v) is 10.0. The molecule has 5 nitrogen and oxygen atoms in total. The maximum atomic E-state index is 12.5. The molecule has 0 radical (unpaired) electrons. The van der Waals surface area contributed by atoms with Gasteiger partial charge in [-0.25, -0.2) is 4.98 Å². The summed E-state index contributed by atoms with van der Waals surface area (Å²) in [6, 6.07) is 7.35. The van der Waals surface area contributed by atoms with Crippen LogP contribution in [0.2, 0.25) is 5.02 Å². The van der Waals surface area contributed by atoms with E-state index in [9.17, 15) is 4.79 Å². The molecular formula is C19H21ClN3O2S+. The molecule has 0 spiro atoms. The number of rotatable bonds is 6. The quantitative estimate of drug-likeness (QED) is 0.678. The monoisotopic (exact) mass is 390 g/mol. The summed E-state index contributed by atoms with van der Waals surface area (Å²) in [5.41, 5.74) is 1.23. The number of likely N-dealkylation sites (N-methyl/N-ethyl adjacent to an activating group) is 1. The molecule has 26 heavy (non-hydrogen) atoms. The summed E-state index contributed by atoms with van der Waals surface area (Å²) in [5.74, 6) is 1.55. The van der Waals surface area contributed by atoms with Crippen molar-refractivity contribution < 1.29 is 9.64 Å². The standard InChI is InChI=1S/C19H20ClN3O2S/c1-23(9-10-25-13-7-5-12(20)6-8-13)11-16-21-18(24)17-14-3-2-4-15(14)26-19(17)22-16/h5-8H,2-4,9-11H2,1H3,(H,21,22,24)/p+1. The highest BCUT2D eigenvalue weighted by atomic mass is 35.5. The van der Waals surface area contributed by atoms with E-state index in [1.54, 1.807) is 11.3 Å². The average molecular weight is 391 g/mol. The van der Waals surface area contributed by atoms with Gasteiger partial charge in [-0.15, -0.1) is 11.3 Å². The van der Waals surface area contributed by atoms with E-state index < -0.39 is 0 Å². The number of hydrogen-bond acceptors (Lipinski definition) is 4. The topological polar surface area (TPSA) is 59.4 Å². The van der Waals surface area contributed by atoms with E-state index in [1.165, 1.54) is 15.3 Å². The lowest BCUT2D eigenvalue weighted by Gasteiger charge is -2.14. The highest BCUT2D eigenvalue weighted by molar-refractivity contribution is 7.18. The van der Waals surface area contributed by atoms with E-state index in [1.807, 2.05) is 24.3 Å². The first kappa shape index (κ1) is 17.5. The lowest BCUT2D eigenvalue weighted by molar-refractivity contribution is -0.894. The predicted molar refractivity (Wildman–Crippen MR) is 105 cm³/mol. The number of fused-ring (bicyclic) bond motifs is 3. The van der Waals surface area contributed by atoms with Crippen molar-refractivity contribution in [3.63, 3.8) is 0 Å². The maximum absolute atomic E-state index is 12.5. The first-order valence-electron chi connectivity index (χ1n) is 8.83. The molecule has 0 fully saturated rings. The van der Waals surface area contributed by atoms with Crippen LogP contribution in [0.25, 0.3) is 10.2 Å². The van der Waals surface area contributed by atoms with E-state index >= 15 is 0 Å². The SMILES string of the molecule is C[NH+](CCOc1ccc(Cl)cc1)Cc1nc2sc3c(c2c(=O)[nH]1)CCC3. The van der Waals surface area contributed by atoms with Gasteiger partial charge in [0.15, 0.2) is 5.82 Å². The maximum Gasteiger partial charge on any atom is 0.260 e. The van der Waals surface area contributed by atoms with Gasteiger partial charge in [-0.1, -0.05) is 11.6 Å². The minimum absolute atomic E-state index is 0.00890. The van der Waals surface area contributed by atoms with Gasteiger partial charge >= 0.3 is 0 Å². The van der Waals surface area contributed by atoms with Crippen molar-refractivity contribution in [2.24, 2.45) is 0 Å². The van der Waals surface area contributed by atoms with Crippen molar-refractivity contribution in [2.75, 3.05) is 20.2 Å². The Kier molecular flexibility index (Phi) is 4.98. The Hall–Kier alpha value is -1.89. The number of ether oxygens (including phenoxy) is 1. The Morgan fingerprint density at radius 3 is 2.92 bits per heavy atom. The van der Waals surface area contributed by atoms with Crippen LogP contribution >= 0.6 is 22.9 Å². The number of hydrogen-bond donors (Lipinski definition) is 2. The van der Waals surface area contributed by atoms with Crippen molar-refractivity contribution in [3.8, 4) is 5.75 Å². The van der Waals surface area contributed by atoms with Crippen LogP contribution in [0, 0.1) is 0 Å². The van der Waals surface area contributed by atoms with Crippen LogP contribution in [-0.2, 0) is 19.4 Å². The third-order valence-electron chi connectivity index (χ3n) is 4.70. The van der Waals surface area contributed by atoms with Gasteiger partial charge in [0.05, 0.1) is 12.4 Å². The molecule has 1 atom stereocenters. The van der Waals surface area contributed by atoms with Crippen LogP contribution in [0.15, 0.2) is 29.1 Å². The van der Waals surface area contributed by atoms with Crippen LogP contribution in [-0.4, -0.2) is 30.2 Å². The molecule has 0 aliphatic heterocycles. The van der Waals surface area contributed by atoms with Gasteiger partial charge in [-0.05, 0) is 49.1 Å². The summed E-state index contributed by atoms with van der Waals surface area (Å²) in [5, 5.41) is 1.51. The molecule has 1 unspecified atom stereocenters. The second kappa shape index (κ2) is 7.39. The molecule has 0 saturated heterocycles. The Morgan fingerprint density at radius 1 is 1.31 bits per heavy atom. The molecule has 1 aliphatic rings. The smallest absolute Gasteiger partial charge is 0.260 e. The second-order valence-electron chi connectivity index (χ2n) is 6.74. The normalized spacial score (nSPS) is 14.5. The van der Waals surface area contributed by atoms with Crippen molar-refractivity contribution in [1.82, 2.24) is 9.97 Å². The molecule has 2 heterocycles. The van der Waals surface area contributed by atoms with Crippen LogP contribution in [0.4, 0.5) is 0 Å². The summed E-state index contributed by atoms with van der Waals surface area (Å²) in [7, 11) is 2.07. The number of aromatic nitrogens is 2. The Balaban J connectivity index is 1.39. The molecular weight excluding hydrogens is 370 g/mol. The van der Waals surface area contributed by atoms with E-state index in [4.69, 9.17) is 21.3 Å². The van der Waals surface area contributed by atoms with Gasteiger partial charge in [-0.2, -0.15) is 0 Å². The minimum atomic E-state index is 0.00890. The average Bonchev–Trinajstić information content (AvgIpc) is 3.17. The number of quaternary nitrogens is 1. The number of thiophene rings is 1. The molecule has 2 N–H and O–H groups in total. The fraction of sp³-hybridized carbons (Fsp3) is 0.368. The zero-order chi connectivity index (χ0) is 18.1. The highest BCUT2D eigenvalue weighted by Gasteiger charge is 2.21. The number of aryl methyl sites for hydroxylation is 2. The molecule has 1 aliphatic carbocycles. The zero-order valence-electron chi connectivity index (χ0n) is 14.6. The Morgan fingerprint density at radius 2 is 2.12 bits per heavy atom. The van der Waals surface area contributed by atoms with Gasteiger partial charge < -0.3 is 14.6 Å². The number of halogens is 1. The van der Waals surface area contributed by atoms with E-state index in [0.29, 0.717) is 18.2 Å². The van der Waals surface area contributed by atoms with Crippen molar-refractivity contribution >= 4 is 33.2 Å². The third-order valence-corrected chi connectivity index (χ3v) is 6.14. The number of H-pyrrole nitrogens is 1. The lowest BCUT2D eigenvalue weighted by atomic mass is 10.2. The molecule has 3 aromatic rings. The van der Waals surface area contributed by atoms with Crippen LogP contribution in [0.5, 0.6) is 5.75 Å². The highest BCUT2D eigenvalue weighted by Crippen LogP contribution is 2.34. The van der Waals surface area contributed by atoms with Crippen molar-refractivity contribution in [1.29, 1.82) is 0 Å². The zero-order valence-corrected chi connectivity index (χ0v) is 16.2. The molecule has 0 saturated carbocycles. The molecule has 0 bridgehead atoms. The van der Waals surface area contributed by atoms with Crippen molar-refractivity contribution in [2.45, 2.75) is 25.8 Å². The van der Waals surface area contributed by atoms with Crippen LogP contribution in [0.1, 0.15) is 22.7 Å². The van der Waals surface area contributed by atoms with E-state index in [0.717, 1.165) is 47.6 Å². The largest absolute Gasteiger partial charge is 0.488 e. The summed E-state index contributed by atoms with van der Waals surface area (Å²) in [6.07, 6.45) is 3.24. The summed E-state index contributed by atoms with van der Waals surface area (Å²) in [6.45, 7) is 2.07. The summed E-state index contributed by atoms with van der Waals surface area (Å²) >= 11 is 7.55. The predicted octanol–water partition coefficient (Wildman–Crippen LogP) is 2.22. The van der Waals surface area contributed by atoms with E-state index in [-0.39, 0.29) is 5.56 Å². The van der Waals surface area contributed by atoms with E-state index in [2.05, 4.69) is 12.0 Å². The van der Waals surface area contributed by atoms with Gasteiger partial charge in [0.2, 0.25) is 0 Å². The van der Waals surface area contributed by atoms with Crippen molar-refractivity contribution in [3.05, 3.63) is 55.9 Å². The molecule has 7 heteroatoms. The molecule has 136 valence electrons. The van der Waals surface area contributed by atoms with Gasteiger partial charge in [0.25, 0.3) is 5.56 Å².